The Balaban J connectivity index is 1.76. The van der Waals surface area contributed by atoms with Crippen LogP contribution in [0.25, 0.3) is 28.7 Å². The molecule has 8 heteroatoms. The number of methoxy groups -OCH3 is 1. The molecule has 3 heterocycles. The maximum Gasteiger partial charge on any atom is 0.219 e. The van der Waals surface area contributed by atoms with E-state index in [2.05, 4.69) is 54.3 Å². The highest BCUT2D eigenvalue weighted by Crippen LogP contribution is 2.45. The number of thiophene rings is 1. The number of hydrogen-bond donors (Lipinski definition) is 0. The van der Waals surface area contributed by atoms with Crippen molar-refractivity contribution in [3.05, 3.63) is 57.9 Å². The topological polar surface area (TPSA) is 59.8 Å². The van der Waals surface area contributed by atoms with Crippen LogP contribution in [0.2, 0.25) is 0 Å². The second-order valence-corrected chi connectivity index (χ2v) is 10.1. The molecule has 1 aliphatic rings. The number of allylic oxidation sites excluding steroid dienone is 1. The van der Waals surface area contributed by atoms with E-state index >= 15 is 0 Å². The van der Waals surface area contributed by atoms with Gasteiger partial charge in [0.2, 0.25) is 5.91 Å². The van der Waals surface area contributed by atoms with Gasteiger partial charge in [-0.2, -0.15) is 16.4 Å². The molecule has 1 amide bonds. The minimum Gasteiger partial charge on any atom is -0.496 e. The first-order valence-electron chi connectivity index (χ1n) is 12.0. The third-order valence-corrected chi connectivity index (χ3v) is 7.07. The Morgan fingerprint density at radius 2 is 2.00 bits per heavy atom. The molecule has 2 aromatic heterocycles. The van der Waals surface area contributed by atoms with Gasteiger partial charge in [-0.25, -0.2) is 4.68 Å². The fourth-order valence-electron chi connectivity index (χ4n) is 4.31. The van der Waals surface area contributed by atoms with E-state index in [1.54, 1.807) is 30.3 Å². The highest BCUT2D eigenvalue weighted by atomic mass is 32.1. The zero-order valence-electron chi connectivity index (χ0n) is 21.9. The summed E-state index contributed by atoms with van der Waals surface area (Å²) in [5.74, 6) is 1.62. The largest absolute Gasteiger partial charge is 0.496 e. The van der Waals surface area contributed by atoms with Gasteiger partial charge in [0.15, 0.2) is 0 Å². The molecule has 0 N–H and O–H groups in total. The van der Waals surface area contributed by atoms with Crippen LogP contribution in [0.5, 0.6) is 11.5 Å². The van der Waals surface area contributed by atoms with Crippen molar-refractivity contribution in [3.63, 3.8) is 0 Å². The predicted octanol–water partition coefficient (Wildman–Crippen LogP) is 5.70. The lowest BCUT2D eigenvalue weighted by Crippen LogP contribution is -2.28. The predicted molar refractivity (Wildman–Crippen MR) is 147 cm³/mol. The average molecular weight is 507 g/mol. The van der Waals surface area contributed by atoms with Crippen LogP contribution in [0.4, 0.5) is 0 Å². The van der Waals surface area contributed by atoms with Gasteiger partial charge in [0.1, 0.15) is 23.8 Å². The van der Waals surface area contributed by atoms with E-state index in [-0.39, 0.29) is 5.91 Å². The normalized spacial score (nSPS) is 11.7. The minimum atomic E-state index is 0.0694. The first kappa shape index (κ1) is 25.6. The standard InChI is InChI=1S/C28H34N4O3S/c1-18(2)13-21-14-23-26(15-25(21)34-7)35-16-24-27(29-32(28(23)24)22-9-12-36-17-22)19(3)30(5)10-8-11-31(6)20(4)33/h9,12-15,17H,3,8,10-11,16H2,1-2,4-7H3. The molecule has 1 aromatic carbocycles. The lowest BCUT2D eigenvalue weighted by atomic mass is 9.98. The molecule has 1 aliphatic heterocycles. The van der Waals surface area contributed by atoms with Crippen molar-refractivity contribution >= 4 is 29.0 Å². The molecule has 0 atom stereocenters. The summed E-state index contributed by atoms with van der Waals surface area (Å²) in [6.07, 6.45) is 2.95. The Kier molecular flexibility index (Phi) is 7.54. The summed E-state index contributed by atoms with van der Waals surface area (Å²) in [5, 5.41) is 9.20. The monoisotopic (exact) mass is 506 g/mol. The van der Waals surface area contributed by atoms with Crippen LogP contribution >= 0.6 is 11.3 Å². The molecule has 0 fully saturated rings. The summed E-state index contributed by atoms with van der Waals surface area (Å²) in [6.45, 7) is 12.0. The summed E-state index contributed by atoms with van der Waals surface area (Å²) in [6, 6.07) is 6.16. The van der Waals surface area contributed by atoms with Gasteiger partial charge < -0.3 is 19.3 Å². The molecule has 0 saturated carbocycles. The lowest BCUT2D eigenvalue weighted by molar-refractivity contribution is -0.127. The average Bonchev–Trinajstić information content (AvgIpc) is 3.50. The van der Waals surface area contributed by atoms with Crippen molar-refractivity contribution in [2.75, 3.05) is 34.3 Å². The van der Waals surface area contributed by atoms with Crippen molar-refractivity contribution in [2.45, 2.75) is 33.8 Å². The smallest absolute Gasteiger partial charge is 0.219 e. The molecule has 0 radical (unpaired) electrons. The summed E-state index contributed by atoms with van der Waals surface area (Å²) in [5.41, 5.74) is 7.85. The number of ether oxygens (including phenoxy) is 2. The van der Waals surface area contributed by atoms with E-state index in [0.29, 0.717) is 13.2 Å². The number of carbonyl (C=O) groups is 1. The van der Waals surface area contributed by atoms with E-state index < -0.39 is 0 Å². The van der Waals surface area contributed by atoms with Crippen LogP contribution in [-0.4, -0.2) is 59.8 Å². The summed E-state index contributed by atoms with van der Waals surface area (Å²) in [7, 11) is 5.52. The molecule has 190 valence electrons. The molecule has 0 aliphatic carbocycles. The van der Waals surface area contributed by atoms with Gasteiger partial charge in [0, 0.05) is 62.2 Å². The van der Waals surface area contributed by atoms with Gasteiger partial charge in [0.25, 0.3) is 0 Å². The molecule has 0 bridgehead atoms. The summed E-state index contributed by atoms with van der Waals surface area (Å²) >= 11 is 1.64. The number of carbonyl (C=O) groups excluding carboxylic acids is 1. The molecular weight excluding hydrogens is 472 g/mol. The zero-order valence-corrected chi connectivity index (χ0v) is 22.7. The number of amides is 1. The Labute approximate surface area is 217 Å². The number of rotatable bonds is 9. The number of hydrogen-bond acceptors (Lipinski definition) is 6. The molecule has 0 unspecified atom stereocenters. The van der Waals surface area contributed by atoms with Crippen molar-refractivity contribution < 1.29 is 14.3 Å². The van der Waals surface area contributed by atoms with Gasteiger partial charge in [-0.15, -0.1) is 0 Å². The summed E-state index contributed by atoms with van der Waals surface area (Å²) in [4.78, 5) is 15.4. The van der Waals surface area contributed by atoms with Crippen LogP contribution in [0, 0.1) is 0 Å². The molecule has 0 saturated heterocycles. The van der Waals surface area contributed by atoms with Gasteiger partial charge in [-0.3, -0.25) is 4.79 Å². The second kappa shape index (κ2) is 10.6. The van der Waals surface area contributed by atoms with Crippen LogP contribution in [0.15, 0.2) is 41.1 Å². The van der Waals surface area contributed by atoms with E-state index in [1.165, 1.54) is 5.57 Å². The highest BCUT2D eigenvalue weighted by molar-refractivity contribution is 7.08. The Hall–Kier alpha value is -3.52. The van der Waals surface area contributed by atoms with Crippen molar-refractivity contribution in [1.29, 1.82) is 0 Å². The van der Waals surface area contributed by atoms with Crippen LogP contribution in [-0.2, 0) is 11.4 Å². The molecule has 7 nitrogen and oxygen atoms in total. The third-order valence-electron chi connectivity index (χ3n) is 6.40. The number of aromatic nitrogens is 2. The molecule has 0 spiro atoms. The Morgan fingerprint density at radius 3 is 2.64 bits per heavy atom. The van der Waals surface area contributed by atoms with Gasteiger partial charge in [0.05, 0.1) is 24.2 Å². The quantitative estimate of drug-likeness (QED) is 0.373. The first-order valence-corrected chi connectivity index (χ1v) is 12.9. The van der Waals surface area contributed by atoms with Gasteiger partial charge in [-0.1, -0.05) is 18.2 Å². The number of benzene rings is 1. The molecular formula is C28H34N4O3S. The second-order valence-electron chi connectivity index (χ2n) is 9.33. The van der Waals surface area contributed by atoms with Crippen molar-refractivity contribution in [1.82, 2.24) is 19.6 Å². The first-order chi connectivity index (χ1) is 17.2. The molecule has 36 heavy (non-hydrogen) atoms. The van der Waals surface area contributed by atoms with E-state index in [9.17, 15) is 4.79 Å². The van der Waals surface area contributed by atoms with Crippen LogP contribution in [0.3, 0.4) is 0 Å². The van der Waals surface area contributed by atoms with Gasteiger partial charge >= 0.3 is 0 Å². The highest BCUT2D eigenvalue weighted by Gasteiger charge is 2.30. The Morgan fingerprint density at radius 1 is 1.25 bits per heavy atom. The minimum absolute atomic E-state index is 0.0694. The van der Waals surface area contributed by atoms with Crippen molar-refractivity contribution in [2.24, 2.45) is 0 Å². The SMILES string of the molecule is C=C(c1nn(-c2ccsc2)c2c1COc1cc(OC)c(C=C(C)C)cc1-2)N(C)CCCN(C)C(C)=O. The third kappa shape index (κ3) is 5.04. The lowest BCUT2D eigenvalue weighted by Gasteiger charge is -2.24. The van der Waals surface area contributed by atoms with Crippen LogP contribution < -0.4 is 9.47 Å². The molecule has 4 rings (SSSR count). The van der Waals surface area contributed by atoms with Gasteiger partial charge in [-0.05, 0) is 37.8 Å². The fraction of sp³-hybridized carbons (Fsp3) is 0.357. The maximum atomic E-state index is 11.5. The fourth-order valence-corrected chi connectivity index (χ4v) is 4.93. The van der Waals surface area contributed by atoms with E-state index in [4.69, 9.17) is 14.6 Å². The Bertz CT molecular complexity index is 1300. The van der Waals surface area contributed by atoms with E-state index in [1.807, 2.05) is 24.8 Å². The zero-order chi connectivity index (χ0) is 26.0. The van der Waals surface area contributed by atoms with E-state index in [0.717, 1.165) is 63.9 Å². The maximum absolute atomic E-state index is 11.5. The number of fused-ring (bicyclic) bond motifs is 3. The number of nitrogens with zero attached hydrogens (tertiary/aromatic N) is 4. The van der Waals surface area contributed by atoms with Crippen molar-refractivity contribution in [3.8, 4) is 28.4 Å². The molecule has 3 aromatic rings. The summed E-state index contributed by atoms with van der Waals surface area (Å²) < 4.78 is 13.9. The van der Waals surface area contributed by atoms with Crippen LogP contribution in [0.1, 0.15) is 44.0 Å².